The Hall–Kier alpha value is -2.18. The van der Waals surface area contributed by atoms with Gasteiger partial charge in [-0.05, 0) is 48.9 Å². The number of anilines is 1. The smallest absolute Gasteiger partial charge is 0.387 e. The van der Waals surface area contributed by atoms with E-state index in [1.807, 2.05) is 20.0 Å². The third-order valence-electron chi connectivity index (χ3n) is 3.52. The third kappa shape index (κ3) is 6.32. The van der Waals surface area contributed by atoms with E-state index in [9.17, 15) is 13.6 Å². The number of nitrogens with one attached hydrogen (secondary N) is 2. The summed E-state index contributed by atoms with van der Waals surface area (Å²) < 4.78 is 28.6. The molecule has 2 aromatic rings. The van der Waals surface area contributed by atoms with Crippen molar-refractivity contribution in [3.8, 4) is 5.75 Å². The quantitative estimate of drug-likeness (QED) is 0.788. The Morgan fingerprint density at radius 3 is 2.52 bits per heavy atom. The van der Waals surface area contributed by atoms with E-state index >= 15 is 0 Å². The first-order chi connectivity index (χ1) is 11.8. The first-order valence-corrected chi connectivity index (χ1v) is 8.12. The van der Waals surface area contributed by atoms with Crippen LogP contribution < -0.4 is 15.0 Å². The van der Waals surface area contributed by atoms with E-state index in [2.05, 4.69) is 10.1 Å². The summed E-state index contributed by atoms with van der Waals surface area (Å²) in [5.41, 5.74) is 2.52. The van der Waals surface area contributed by atoms with Crippen LogP contribution >= 0.6 is 11.6 Å². The average molecular weight is 370 g/mol. The Bertz CT molecular complexity index is 724. The summed E-state index contributed by atoms with van der Waals surface area (Å²) in [6.45, 7) is -0.0901. The molecule has 1 amide bonds. The molecule has 25 heavy (non-hydrogen) atoms. The molecule has 4 nitrogen and oxygen atoms in total. The Kier molecular flexibility index (Phi) is 6.73. The van der Waals surface area contributed by atoms with Crippen molar-refractivity contribution in [2.45, 2.75) is 20.1 Å². The zero-order valence-electron chi connectivity index (χ0n) is 14.0. The lowest BCUT2D eigenvalue weighted by atomic mass is 10.2. The van der Waals surface area contributed by atoms with Crippen LogP contribution in [0, 0.1) is 6.92 Å². The molecule has 0 heterocycles. The number of aryl methyl sites for hydroxylation is 1. The fourth-order valence-electron chi connectivity index (χ4n) is 2.39. The fraction of sp³-hybridized carbons (Fsp3) is 0.278. The second-order valence-corrected chi connectivity index (χ2v) is 6.27. The molecule has 0 spiro atoms. The molecule has 1 unspecified atom stereocenters. The maximum absolute atomic E-state index is 12.1. The molecule has 0 aliphatic heterocycles. The van der Waals surface area contributed by atoms with E-state index < -0.39 is 6.61 Å². The highest BCUT2D eigenvalue weighted by atomic mass is 35.5. The van der Waals surface area contributed by atoms with Crippen molar-refractivity contribution >= 4 is 23.2 Å². The Labute approximate surface area is 150 Å². The average Bonchev–Trinajstić information content (AvgIpc) is 2.51. The highest BCUT2D eigenvalue weighted by Gasteiger charge is 2.13. The van der Waals surface area contributed by atoms with E-state index in [0.717, 1.165) is 16.0 Å². The summed E-state index contributed by atoms with van der Waals surface area (Å²) in [6.07, 6.45) is 0. The fourth-order valence-corrected chi connectivity index (χ4v) is 2.67. The maximum atomic E-state index is 12.1. The highest BCUT2D eigenvalue weighted by molar-refractivity contribution is 6.33. The summed E-state index contributed by atoms with van der Waals surface area (Å²) >= 11 is 6.10. The van der Waals surface area contributed by atoms with Crippen molar-refractivity contribution in [2.75, 3.05) is 18.9 Å². The van der Waals surface area contributed by atoms with Gasteiger partial charge < -0.3 is 15.0 Å². The molecule has 0 fully saturated rings. The van der Waals surface area contributed by atoms with E-state index in [-0.39, 0.29) is 18.2 Å². The number of likely N-dealkylation sites (N-methyl/N-ethyl adjacent to an activating group) is 1. The number of carbonyl (C=O) groups is 1. The van der Waals surface area contributed by atoms with E-state index in [4.69, 9.17) is 11.6 Å². The van der Waals surface area contributed by atoms with Crippen LogP contribution in [0.25, 0.3) is 0 Å². The van der Waals surface area contributed by atoms with Crippen LogP contribution in [0.2, 0.25) is 5.02 Å². The first-order valence-electron chi connectivity index (χ1n) is 7.74. The number of halogens is 3. The van der Waals surface area contributed by atoms with Crippen molar-refractivity contribution in [3.63, 3.8) is 0 Å². The number of carbonyl (C=O) groups excluding carboxylic acids is 1. The number of alkyl halides is 2. The van der Waals surface area contributed by atoms with Gasteiger partial charge in [0.1, 0.15) is 12.3 Å². The van der Waals surface area contributed by atoms with Crippen molar-refractivity contribution < 1.29 is 23.2 Å². The molecule has 2 aromatic carbocycles. The SMILES string of the molecule is Cc1ccc(NC(=O)C[NH+](C)Cc2ccc(OC(F)F)cc2)c(Cl)c1. The molecule has 1 atom stereocenters. The standard InChI is InChI=1S/C18H19ClF2N2O2/c1-12-3-8-16(15(19)9-12)22-17(24)11-23(2)10-13-4-6-14(7-5-13)25-18(20)21/h3-9,18H,10-11H2,1-2H3,(H,22,24)/p+1. The molecule has 0 saturated carbocycles. The number of quaternary nitrogens is 1. The molecular formula is C18H20ClF2N2O2+. The minimum Gasteiger partial charge on any atom is -0.435 e. The molecule has 0 radical (unpaired) electrons. The summed E-state index contributed by atoms with van der Waals surface area (Å²) in [5, 5.41) is 3.29. The molecule has 0 aliphatic carbocycles. The summed E-state index contributed by atoms with van der Waals surface area (Å²) in [4.78, 5) is 13.1. The van der Waals surface area contributed by atoms with Crippen LogP contribution in [0.1, 0.15) is 11.1 Å². The van der Waals surface area contributed by atoms with Gasteiger partial charge in [0.05, 0.1) is 17.8 Å². The summed E-state index contributed by atoms with van der Waals surface area (Å²) in [7, 11) is 1.87. The Morgan fingerprint density at radius 1 is 1.24 bits per heavy atom. The Balaban J connectivity index is 1.86. The summed E-state index contributed by atoms with van der Waals surface area (Å²) in [6, 6.07) is 11.8. The van der Waals surface area contributed by atoms with Crippen LogP contribution in [-0.2, 0) is 11.3 Å². The molecule has 0 aliphatic rings. The monoisotopic (exact) mass is 369 g/mol. The van der Waals surface area contributed by atoms with Gasteiger partial charge in [-0.15, -0.1) is 0 Å². The molecular weight excluding hydrogens is 350 g/mol. The predicted octanol–water partition coefficient (Wildman–Crippen LogP) is 2.90. The highest BCUT2D eigenvalue weighted by Crippen LogP contribution is 2.22. The van der Waals surface area contributed by atoms with Crippen molar-refractivity contribution in [1.82, 2.24) is 0 Å². The van der Waals surface area contributed by atoms with Crippen LogP contribution in [0.5, 0.6) is 5.75 Å². The van der Waals surface area contributed by atoms with Gasteiger partial charge in [0.15, 0.2) is 6.54 Å². The lowest BCUT2D eigenvalue weighted by Crippen LogP contribution is -3.08. The van der Waals surface area contributed by atoms with Gasteiger partial charge in [0.2, 0.25) is 0 Å². The lowest BCUT2D eigenvalue weighted by molar-refractivity contribution is -0.885. The first kappa shape index (κ1) is 19.1. The summed E-state index contributed by atoms with van der Waals surface area (Å²) in [5.74, 6) is -0.0379. The van der Waals surface area contributed by atoms with Crippen molar-refractivity contribution in [3.05, 3.63) is 58.6 Å². The number of amides is 1. The topological polar surface area (TPSA) is 42.8 Å². The maximum Gasteiger partial charge on any atom is 0.387 e. The van der Waals surface area contributed by atoms with E-state index in [1.54, 1.807) is 24.3 Å². The third-order valence-corrected chi connectivity index (χ3v) is 3.83. The van der Waals surface area contributed by atoms with Gasteiger partial charge in [-0.1, -0.05) is 17.7 Å². The van der Waals surface area contributed by atoms with Gasteiger partial charge >= 0.3 is 6.61 Å². The van der Waals surface area contributed by atoms with Crippen LogP contribution in [0.15, 0.2) is 42.5 Å². The van der Waals surface area contributed by atoms with Crippen LogP contribution in [-0.4, -0.2) is 26.1 Å². The zero-order chi connectivity index (χ0) is 18.4. The minimum absolute atomic E-state index is 0.114. The molecule has 0 aromatic heterocycles. The lowest BCUT2D eigenvalue weighted by Gasteiger charge is -2.15. The zero-order valence-corrected chi connectivity index (χ0v) is 14.7. The van der Waals surface area contributed by atoms with Crippen LogP contribution in [0.4, 0.5) is 14.5 Å². The molecule has 2 rings (SSSR count). The second-order valence-electron chi connectivity index (χ2n) is 5.86. The molecule has 134 valence electrons. The minimum atomic E-state index is -2.84. The molecule has 2 N–H and O–H groups in total. The molecule has 0 bridgehead atoms. The number of ether oxygens (including phenoxy) is 1. The predicted molar refractivity (Wildman–Crippen MR) is 93.4 cm³/mol. The van der Waals surface area contributed by atoms with Gasteiger partial charge in [0, 0.05) is 5.56 Å². The van der Waals surface area contributed by atoms with Gasteiger partial charge in [-0.3, -0.25) is 4.79 Å². The number of rotatable bonds is 7. The Morgan fingerprint density at radius 2 is 1.92 bits per heavy atom. The van der Waals surface area contributed by atoms with Crippen molar-refractivity contribution in [2.24, 2.45) is 0 Å². The second kappa shape index (κ2) is 8.78. The van der Waals surface area contributed by atoms with Gasteiger partial charge in [0.25, 0.3) is 5.91 Å². The van der Waals surface area contributed by atoms with Crippen molar-refractivity contribution in [1.29, 1.82) is 0 Å². The van der Waals surface area contributed by atoms with E-state index in [1.165, 1.54) is 12.1 Å². The van der Waals surface area contributed by atoms with Gasteiger partial charge in [-0.25, -0.2) is 0 Å². The number of benzene rings is 2. The van der Waals surface area contributed by atoms with Crippen LogP contribution in [0.3, 0.4) is 0 Å². The van der Waals surface area contributed by atoms with E-state index in [0.29, 0.717) is 17.3 Å². The molecule has 7 heteroatoms. The number of hydrogen-bond donors (Lipinski definition) is 2. The molecule has 0 saturated heterocycles. The number of hydrogen-bond acceptors (Lipinski definition) is 2. The van der Waals surface area contributed by atoms with Gasteiger partial charge in [-0.2, -0.15) is 8.78 Å². The largest absolute Gasteiger partial charge is 0.435 e. The normalized spacial score (nSPS) is 12.1.